The molecule has 0 spiro atoms. The zero-order chi connectivity index (χ0) is 25.8. The summed E-state index contributed by atoms with van der Waals surface area (Å²) in [5.74, 6) is 0. The average molecular weight is 582 g/mol. The highest BCUT2D eigenvalue weighted by atomic mass is 79.9. The quantitative estimate of drug-likeness (QED) is 0.234. The number of hydrogen-bond donors (Lipinski definition) is 6. The van der Waals surface area contributed by atoms with Gasteiger partial charge >= 0.3 is 0 Å². The molecule has 0 bridgehead atoms. The molecule has 8 nitrogen and oxygen atoms in total. The van der Waals surface area contributed by atoms with Crippen LogP contribution >= 0.6 is 15.9 Å². The highest BCUT2D eigenvalue weighted by Gasteiger charge is 2.16. The molecule has 2 aliphatic rings. The van der Waals surface area contributed by atoms with E-state index in [1.165, 1.54) is 30.4 Å². The second kappa shape index (κ2) is 20.3. The van der Waals surface area contributed by atoms with E-state index in [1.807, 2.05) is 0 Å². The number of rotatable bonds is 4. The van der Waals surface area contributed by atoms with E-state index in [0.29, 0.717) is 4.95 Å². The topological polar surface area (TPSA) is 78.7 Å². The molecule has 2 heterocycles. The molecule has 1 unspecified atom stereocenters. The monoisotopic (exact) mass is 580 g/mol. The molecule has 6 N–H and O–H groups in total. The Balaban J connectivity index is 1.49. The maximum Gasteiger partial charge on any atom is 0.0784 e. The van der Waals surface area contributed by atoms with Gasteiger partial charge in [0.25, 0.3) is 0 Å². The first-order chi connectivity index (χ1) is 18.3. The number of benzene rings is 1. The van der Waals surface area contributed by atoms with Crippen molar-refractivity contribution >= 4 is 15.9 Å². The smallest absolute Gasteiger partial charge is 0.0784 e. The van der Waals surface area contributed by atoms with Crippen molar-refractivity contribution in [1.82, 2.24) is 41.7 Å². The Morgan fingerprint density at radius 2 is 1.03 bits per heavy atom. The minimum Gasteiger partial charge on any atom is -0.315 e. The van der Waals surface area contributed by atoms with Gasteiger partial charge in [0.15, 0.2) is 0 Å². The number of halogens is 1. The van der Waals surface area contributed by atoms with E-state index in [4.69, 9.17) is 0 Å². The van der Waals surface area contributed by atoms with Crippen molar-refractivity contribution in [2.45, 2.75) is 43.7 Å². The Hall–Kier alpha value is -0.620. The molecule has 0 aliphatic carbocycles. The third kappa shape index (κ3) is 14.4. The van der Waals surface area contributed by atoms with Gasteiger partial charge in [-0.05, 0) is 82.6 Å². The summed E-state index contributed by atoms with van der Waals surface area (Å²) in [6.45, 7) is 18.1. The molecule has 1 aromatic rings. The predicted molar refractivity (Wildman–Crippen MR) is 161 cm³/mol. The summed E-state index contributed by atoms with van der Waals surface area (Å²) in [5.41, 5.74) is 2.81. The van der Waals surface area contributed by atoms with E-state index >= 15 is 0 Å². The molecule has 212 valence electrons. The van der Waals surface area contributed by atoms with Gasteiger partial charge in [-0.1, -0.05) is 40.2 Å². The molecule has 2 aliphatic heterocycles. The summed E-state index contributed by atoms with van der Waals surface area (Å²) in [4.78, 5) is 5.52. The largest absolute Gasteiger partial charge is 0.315 e. The highest BCUT2D eigenvalue weighted by Crippen LogP contribution is 2.15. The molecule has 0 amide bonds. The van der Waals surface area contributed by atoms with E-state index in [0.717, 1.165) is 118 Å². The van der Waals surface area contributed by atoms with Crippen LogP contribution in [0.4, 0.5) is 0 Å². The van der Waals surface area contributed by atoms with E-state index < -0.39 is 0 Å². The fourth-order valence-corrected chi connectivity index (χ4v) is 5.49. The van der Waals surface area contributed by atoms with E-state index in [-0.39, 0.29) is 0 Å². The first-order valence-electron chi connectivity index (χ1n) is 14.7. The second-order valence-corrected chi connectivity index (χ2v) is 11.4. The molecule has 3 rings (SSSR count). The summed E-state index contributed by atoms with van der Waals surface area (Å²) in [5, 5.41) is 21.4. The van der Waals surface area contributed by atoms with Crippen LogP contribution in [0.1, 0.15) is 36.8 Å². The fraction of sp³-hybridized carbons (Fsp3) is 0.786. The number of nitrogens with zero attached hydrogens (tertiary/aromatic N) is 2. The lowest BCUT2D eigenvalue weighted by Gasteiger charge is -2.29. The molecule has 0 radical (unpaired) electrons. The van der Waals surface area contributed by atoms with Crippen molar-refractivity contribution in [2.24, 2.45) is 0 Å². The van der Waals surface area contributed by atoms with Crippen LogP contribution in [0.2, 0.25) is 0 Å². The Morgan fingerprint density at radius 1 is 0.541 bits per heavy atom. The van der Waals surface area contributed by atoms with Crippen molar-refractivity contribution < 1.29 is 0 Å². The minimum atomic E-state index is 0.343. The van der Waals surface area contributed by atoms with Crippen molar-refractivity contribution in [3.8, 4) is 0 Å². The van der Waals surface area contributed by atoms with E-state index in [2.05, 4.69) is 81.9 Å². The SMILES string of the molecule is BrC1CNCCCNCCNCCCN1Cc1ccc(CN2CCCNCCNCCCNCC2)cc1. The standard InChI is InChI=1S/C28H53BrN8/c29-28-23-35-12-2-10-31-16-18-33-14-4-21-37(28)25-27-7-5-26(6-8-27)24-36-20-3-13-32-17-15-30-9-1-11-34-19-22-36/h5-8,28,30-35H,1-4,9-25H2. The molecular formula is C28H53BrN8. The predicted octanol–water partition coefficient (Wildman–Crippen LogP) is 1.14. The van der Waals surface area contributed by atoms with Gasteiger partial charge in [0.2, 0.25) is 0 Å². The summed E-state index contributed by atoms with van der Waals surface area (Å²) in [6.07, 6.45) is 4.72. The zero-order valence-corrected chi connectivity index (χ0v) is 24.6. The lowest BCUT2D eigenvalue weighted by atomic mass is 10.1. The Morgan fingerprint density at radius 3 is 1.65 bits per heavy atom. The van der Waals surface area contributed by atoms with Gasteiger partial charge < -0.3 is 31.9 Å². The van der Waals surface area contributed by atoms with Crippen molar-refractivity contribution in [2.75, 3.05) is 98.2 Å². The first kappa shape index (κ1) is 30.9. The van der Waals surface area contributed by atoms with Crippen LogP contribution < -0.4 is 31.9 Å². The maximum atomic E-state index is 3.97. The number of hydrogen-bond acceptors (Lipinski definition) is 8. The molecule has 2 saturated heterocycles. The van der Waals surface area contributed by atoms with Crippen LogP contribution in [0, 0.1) is 0 Å². The van der Waals surface area contributed by atoms with Crippen LogP contribution in [-0.4, -0.2) is 113 Å². The third-order valence-corrected chi connectivity index (χ3v) is 8.03. The lowest BCUT2D eigenvalue weighted by molar-refractivity contribution is 0.242. The highest BCUT2D eigenvalue weighted by molar-refractivity contribution is 9.09. The minimum absolute atomic E-state index is 0.343. The molecule has 2 fully saturated rings. The number of nitrogens with one attached hydrogen (secondary N) is 6. The van der Waals surface area contributed by atoms with E-state index in [9.17, 15) is 0 Å². The third-order valence-electron chi connectivity index (χ3n) is 7.13. The molecule has 9 heteroatoms. The molecule has 37 heavy (non-hydrogen) atoms. The van der Waals surface area contributed by atoms with Crippen molar-refractivity contribution in [1.29, 1.82) is 0 Å². The van der Waals surface area contributed by atoms with Gasteiger partial charge in [-0.3, -0.25) is 9.80 Å². The van der Waals surface area contributed by atoms with Crippen LogP contribution in [0.25, 0.3) is 0 Å². The number of alkyl halides is 1. The van der Waals surface area contributed by atoms with Crippen LogP contribution in [0.5, 0.6) is 0 Å². The first-order valence-corrected chi connectivity index (χ1v) is 15.7. The van der Waals surface area contributed by atoms with Gasteiger partial charge in [0.05, 0.1) is 4.95 Å². The van der Waals surface area contributed by atoms with Crippen molar-refractivity contribution in [3.05, 3.63) is 35.4 Å². The fourth-order valence-electron chi connectivity index (χ4n) is 4.91. The van der Waals surface area contributed by atoms with Crippen LogP contribution in [-0.2, 0) is 13.1 Å². The normalized spacial score (nSPS) is 24.6. The van der Waals surface area contributed by atoms with E-state index in [1.54, 1.807) is 0 Å². The van der Waals surface area contributed by atoms with Gasteiger partial charge in [0, 0.05) is 65.4 Å². The summed E-state index contributed by atoms with van der Waals surface area (Å²) in [7, 11) is 0. The summed E-state index contributed by atoms with van der Waals surface area (Å²) >= 11 is 3.97. The average Bonchev–Trinajstić information content (AvgIpc) is 2.91. The lowest BCUT2D eigenvalue weighted by Crippen LogP contribution is -2.40. The summed E-state index contributed by atoms with van der Waals surface area (Å²) < 4.78 is 0. The van der Waals surface area contributed by atoms with Gasteiger partial charge in [-0.2, -0.15) is 0 Å². The summed E-state index contributed by atoms with van der Waals surface area (Å²) in [6, 6.07) is 9.37. The van der Waals surface area contributed by atoms with Gasteiger partial charge in [-0.25, -0.2) is 0 Å². The van der Waals surface area contributed by atoms with Gasteiger partial charge in [-0.15, -0.1) is 0 Å². The Kier molecular flexibility index (Phi) is 17.0. The second-order valence-electron chi connectivity index (χ2n) is 10.4. The van der Waals surface area contributed by atoms with Crippen LogP contribution in [0.3, 0.4) is 0 Å². The molecule has 0 aromatic heterocycles. The molecular weight excluding hydrogens is 528 g/mol. The van der Waals surface area contributed by atoms with Crippen molar-refractivity contribution in [3.63, 3.8) is 0 Å². The van der Waals surface area contributed by atoms with Crippen LogP contribution in [0.15, 0.2) is 24.3 Å². The van der Waals surface area contributed by atoms with Gasteiger partial charge in [0.1, 0.15) is 0 Å². The maximum absolute atomic E-state index is 3.97. The molecule has 1 atom stereocenters. The zero-order valence-electron chi connectivity index (χ0n) is 23.0. The molecule has 1 aromatic carbocycles. The Labute approximate surface area is 234 Å². The molecule has 0 saturated carbocycles. The Bertz CT molecular complexity index is 663.